The van der Waals surface area contributed by atoms with Gasteiger partial charge in [-0.25, -0.2) is 0 Å². The molecule has 104 valence electrons. The van der Waals surface area contributed by atoms with E-state index in [1.165, 1.54) is 0 Å². The van der Waals surface area contributed by atoms with Crippen LogP contribution in [0.2, 0.25) is 0 Å². The fourth-order valence-corrected chi connectivity index (χ4v) is 2.12. The second kappa shape index (κ2) is 7.56. The molecule has 6 nitrogen and oxygen atoms in total. The number of morpholine rings is 1. The summed E-state index contributed by atoms with van der Waals surface area (Å²) >= 11 is 0. The Hall–Kier alpha value is -0.850. The third-order valence-corrected chi connectivity index (χ3v) is 3.15. The van der Waals surface area contributed by atoms with E-state index in [9.17, 15) is 9.59 Å². The average Bonchev–Trinajstić information content (AvgIpc) is 2.90. The Morgan fingerprint density at radius 1 is 1.33 bits per heavy atom. The highest BCUT2D eigenvalue weighted by Gasteiger charge is 2.23. The highest BCUT2D eigenvalue weighted by Crippen LogP contribution is 2.04. The molecule has 0 bridgehead atoms. The zero-order valence-electron chi connectivity index (χ0n) is 10.3. The van der Waals surface area contributed by atoms with Crippen LogP contribution >= 0.6 is 12.4 Å². The standard InChI is InChI=1S/C11H19N3O3.ClH/c15-10(14-4-6-17-7-5-14)8-13-11(16)9-2-1-3-12-9;/h9,12H,1-8H2,(H,13,16);1H. The molecule has 0 aliphatic carbocycles. The molecule has 2 rings (SSSR count). The average molecular weight is 278 g/mol. The van der Waals surface area contributed by atoms with Gasteiger partial charge >= 0.3 is 0 Å². The van der Waals surface area contributed by atoms with Crippen molar-refractivity contribution in [1.29, 1.82) is 0 Å². The number of nitrogens with zero attached hydrogens (tertiary/aromatic N) is 1. The van der Waals surface area contributed by atoms with E-state index in [0.29, 0.717) is 26.3 Å². The summed E-state index contributed by atoms with van der Waals surface area (Å²) in [6.45, 7) is 3.40. The summed E-state index contributed by atoms with van der Waals surface area (Å²) in [7, 11) is 0. The van der Waals surface area contributed by atoms with Crippen molar-refractivity contribution in [3.63, 3.8) is 0 Å². The monoisotopic (exact) mass is 277 g/mol. The molecule has 7 heteroatoms. The van der Waals surface area contributed by atoms with E-state index in [1.807, 2.05) is 0 Å². The van der Waals surface area contributed by atoms with Crippen molar-refractivity contribution in [2.45, 2.75) is 18.9 Å². The molecular weight excluding hydrogens is 258 g/mol. The predicted molar refractivity (Wildman–Crippen MR) is 68.7 cm³/mol. The maximum Gasteiger partial charge on any atom is 0.242 e. The summed E-state index contributed by atoms with van der Waals surface area (Å²) in [6, 6.07) is -0.118. The number of hydrogen-bond acceptors (Lipinski definition) is 4. The SMILES string of the molecule is Cl.O=C(NCC(=O)N1CCOCC1)C1CCCN1. The maximum absolute atomic E-state index is 11.8. The van der Waals surface area contributed by atoms with Crippen LogP contribution in [0.3, 0.4) is 0 Å². The Kier molecular flexibility index (Phi) is 6.38. The number of halogens is 1. The second-order valence-corrected chi connectivity index (χ2v) is 4.36. The second-order valence-electron chi connectivity index (χ2n) is 4.36. The number of hydrogen-bond donors (Lipinski definition) is 2. The number of nitrogens with one attached hydrogen (secondary N) is 2. The lowest BCUT2D eigenvalue weighted by molar-refractivity contribution is -0.136. The third kappa shape index (κ3) is 4.12. The molecule has 0 aromatic rings. The van der Waals surface area contributed by atoms with Crippen molar-refractivity contribution in [3.8, 4) is 0 Å². The molecule has 0 aromatic heterocycles. The Morgan fingerprint density at radius 2 is 2.06 bits per heavy atom. The molecule has 0 spiro atoms. The van der Waals surface area contributed by atoms with Gasteiger partial charge < -0.3 is 20.3 Å². The van der Waals surface area contributed by atoms with Crippen molar-refractivity contribution >= 4 is 24.2 Å². The Balaban J connectivity index is 0.00000162. The van der Waals surface area contributed by atoms with Gasteiger partial charge in [0.05, 0.1) is 25.8 Å². The number of carbonyl (C=O) groups is 2. The van der Waals surface area contributed by atoms with E-state index in [4.69, 9.17) is 4.74 Å². The van der Waals surface area contributed by atoms with Crippen LogP contribution in [0.25, 0.3) is 0 Å². The van der Waals surface area contributed by atoms with E-state index in [2.05, 4.69) is 10.6 Å². The van der Waals surface area contributed by atoms with Crippen LogP contribution in [0.1, 0.15) is 12.8 Å². The summed E-state index contributed by atoms with van der Waals surface area (Å²) in [5, 5.41) is 5.79. The minimum atomic E-state index is -0.118. The normalized spacial score (nSPS) is 23.3. The van der Waals surface area contributed by atoms with Gasteiger partial charge in [0.25, 0.3) is 0 Å². The van der Waals surface area contributed by atoms with E-state index in [1.54, 1.807) is 4.90 Å². The molecule has 0 saturated carbocycles. The lowest BCUT2D eigenvalue weighted by atomic mass is 10.2. The molecule has 1 atom stereocenters. The number of rotatable bonds is 3. The van der Waals surface area contributed by atoms with Gasteiger partial charge in [-0.1, -0.05) is 0 Å². The van der Waals surface area contributed by atoms with Crippen molar-refractivity contribution in [2.24, 2.45) is 0 Å². The highest BCUT2D eigenvalue weighted by molar-refractivity contribution is 5.87. The van der Waals surface area contributed by atoms with E-state index < -0.39 is 0 Å². The van der Waals surface area contributed by atoms with E-state index >= 15 is 0 Å². The molecule has 2 fully saturated rings. The van der Waals surface area contributed by atoms with Gasteiger partial charge in [-0.2, -0.15) is 0 Å². The summed E-state index contributed by atoms with van der Waals surface area (Å²) in [4.78, 5) is 25.1. The smallest absolute Gasteiger partial charge is 0.242 e. The van der Waals surface area contributed by atoms with Gasteiger partial charge in [-0.05, 0) is 19.4 Å². The Labute approximate surface area is 113 Å². The molecular formula is C11H20ClN3O3. The van der Waals surface area contributed by atoms with Crippen LogP contribution in [0.4, 0.5) is 0 Å². The first-order valence-corrected chi connectivity index (χ1v) is 6.14. The molecule has 18 heavy (non-hydrogen) atoms. The molecule has 2 aliphatic heterocycles. The van der Waals surface area contributed by atoms with Gasteiger partial charge in [-0.3, -0.25) is 9.59 Å². The van der Waals surface area contributed by atoms with Crippen molar-refractivity contribution in [3.05, 3.63) is 0 Å². The zero-order valence-corrected chi connectivity index (χ0v) is 11.1. The van der Waals surface area contributed by atoms with Gasteiger partial charge in [-0.15, -0.1) is 12.4 Å². The summed E-state index contributed by atoms with van der Waals surface area (Å²) in [5.41, 5.74) is 0. The lowest BCUT2D eigenvalue weighted by Crippen LogP contribution is -2.48. The van der Waals surface area contributed by atoms with Crippen molar-refractivity contribution < 1.29 is 14.3 Å². The minimum Gasteiger partial charge on any atom is -0.378 e. The number of amides is 2. The predicted octanol–water partition coefficient (Wildman–Crippen LogP) is -0.865. The zero-order chi connectivity index (χ0) is 12.1. The minimum absolute atomic E-state index is 0. The maximum atomic E-state index is 11.8. The highest BCUT2D eigenvalue weighted by atomic mass is 35.5. The molecule has 2 N–H and O–H groups in total. The van der Waals surface area contributed by atoms with Crippen molar-refractivity contribution in [2.75, 3.05) is 39.4 Å². The van der Waals surface area contributed by atoms with Crippen LogP contribution in [-0.2, 0) is 14.3 Å². The van der Waals surface area contributed by atoms with Crippen LogP contribution in [0.5, 0.6) is 0 Å². The largest absolute Gasteiger partial charge is 0.378 e. The van der Waals surface area contributed by atoms with Crippen LogP contribution in [-0.4, -0.2) is 62.1 Å². The summed E-state index contributed by atoms with van der Waals surface area (Å²) in [6.07, 6.45) is 1.88. The summed E-state index contributed by atoms with van der Waals surface area (Å²) < 4.78 is 5.17. The molecule has 2 aliphatic rings. The van der Waals surface area contributed by atoms with Crippen LogP contribution in [0, 0.1) is 0 Å². The molecule has 1 unspecified atom stereocenters. The fraction of sp³-hybridized carbons (Fsp3) is 0.818. The number of carbonyl (C=O) groups excluding carboxylic acids is 2. The summed E-state index contributed by atoms with van der Waals surface area (Å²) in [5.74, 6) is -0.0937. The number of ether oxygens (including phenoxy) is 1. The van der Waals surface area contributed by atoms with Gasteiger partial charge in [0.2, 0.25) is 11.8 Å². The van der Waals surface area contributed by atoms with Crippen LogP contribution in [0.15, 0.2) is 0 Å². The van der Waals surface area contributed by atoms with Gasteiger partial charge in [0.15, 0.2) is 0 Å². The third-order valence-electron chi connectivity index (χ3n) is 3.15. The molecule has 2 heterocycles. The van der Waals surface area contributed by atoms with Crippen molar-refractivity contribution in [1.82, 2.24) is 15.5 Å². The first-order valence-electron chi connectivity index (χ1n) is 6.14. The van der Waals surface area contributed by atoms with Gasteiger partial charge in [0.1, 0.15) is 0 Å². The van der Waals surface area contributed by atoms with Gasteiger partial charge in [0, 0.05) is 13.1 Å². The molecule has 0 aromatic carbocycles. The quantitative estimate of drug-likeness (QED) is 0.704. The Bertz CT molecular complexity index is 289. The molecule has 0 radical (unpaired) electrons. The Morgan fingerprint density at radius 3 is 2.67 bits per heavy atom. The first kappa shape index (κ1) is 15.2. The molecule has 2 amide bonds. The van der Waals surface area contributed by atoms with E-state index in [-0.39, 0.29) is 36.8 Å². The van der Waals surface area contributed by atoms with Crippen LogP contribution < -0.4 is 10.6 Å². The van der Waals surface area contributed by atoms with E-state index in [0.717, 1.165) is 19.4 Å². The topological polar surface area (TPSA) is 70.7 Å². The molecule has 2 saturated heterocycles. The first-order chi connectivity index (χ1) is 8.27. The lowest BCUT2D eigenvalue weighted by Gasteiger charge is -2.27. The fourth-order valence-electron chi connectivity index (χ4n) is 2.12.